The van der Waals surface area contributed by atoms with Gasteiger partial charge in [0.15, 0.2) is 0 Å². The number of aromatic nitrogens is 2. The van der Waals surface area contributed by atoms with Crippen LogP contribution in [0, 0.1) is 5.92 Å². The van der Waals surface area contributed by atoms with E-state index in [1.165, 1.54) is 0 Å². The summed E-state index contributed by atoms with van der Waals surface area (Å²) in [6.45, 7) is 4.43. The maximum Gasteiger partial charge on any atom is 0.254 e. The molecule has 1 heterocycles. The number of hydrogen-bond donors (Lipinski definition) is 2. The lowest BCUT2D eigenvalue weighted by atomic mass is 10.1. The van der Waals surface area contributed by atoms with Crippen LogP contribution in [0.2, 0.25) is 0 Å². The number of aliphatic hydroxyl groups is 1. The number of carbonyl (C=O) groups is 1. The van der Waals surface area contributed by atoms with Crippen molar-refractivity contribution in [2.24, 2.45) is 5.92 Å². The molecule has 122 valence electrons. The standard InChI is InChI=1S/C17H27N3O2/c1-3-11(2)20-16(13-6-7-13)14(10-18-20)17(22)19-15(8-9-21)12-4-5-12/h10-13,15,21H,3-9H2,1-2H3,(H,19,22). The Balaban J connectivity index is 1.78. The zero-order chi connectivity index (χ0) is 15.7. The van der Waals surface area contributed by atoms with Crippen molar-refractivity contribution in [3.05, 3.63) is 17.5 Å². The van der Waals surface area contributed by atoms with E-state index in [0.29, 0.717) is 24.3 Å². The highest BCUT2D eigenvalue weighted by Gasteiger charge is 2.36. The number of hydrogen-bond acceptors (Lipinski definition) is 3. The van der Waals surface area contributed by atoms with Gasteiger partial charge < -0.3 is 10.4 Å². The highest BCUT2D eigenvalue weighted by molar-refractivity contribution is 5.95. The molecular formula is C17H27N3O2. The van der Waals surface area contributed by atoms with E-state index in [1.54, 1.807) is 6.20 Å². The third-order valence-electron chi connectivity index (χ3n) is 5.00. The van der Waals surface area contributed by atoms with Crippen molar-refractivity contribution in [1.29, 1.82) is 0 Å². The van der Waals surface area contributed by atoms with E-state index in [4.69, 9.17) is 0 Å². The second kappa shape index (κ2) is 6.41. The van der Waals surface area contributed by atoms with E-state index in [0.717, 1.165) is 43.4 Å². The maximum absolute atomic E-state index is 12.7. The van der Waals surface area contributed by atoms with E-state index in [9.17, 15) is 9.90 Å². The van der Waals surface area contributed by atoms with E-state index >= 15 is 0 Å². The van der Waals surface area contributed by atoms with Gasteiger partial charge in [0.2, 0.25) is 0 Å². The number of nitrogens with one attached hydrogen (secondary N) is 1. The van der Waals surface area contributed by atoms with Crippen molar-refractivity contribution in [2.75, 3.05) is 6.61 Å². The van der Waals surface area contributed by atoms with Gasteiger partial charge in [-0.05, 0) is 51.4 Å². The third kappa shape index (κ3) is 3.19. The van der Waals surface area contributed by atoms with E-state index in [1.807, 2.05) is 4.68 Å². The Bertz CT molecular complexity index is 532. The van der Waals surface area contributed by atoms with Crippen LogP contribution >= 0.6 is 0 Å². The van der Waals surface area contributed by atoms with Crippen LogP contribution in [-0.4, -0.2) is 33.4 Å². The molecule has 2 N–H and O–H groups in total. The molecule has 0 radical (unpaired) electrons. The zero-order valence-electron chi connectivity index (χ0n) is 13.6. The number of aliphatic hydroxyl groups excluding tert-OH is 1. The van der Waals surface area contributed by atoms with Crippen molar-refractivity contribution in [1.82, 2.24) is 15.1 Å². The van der Waals surface area contributed by atoms with Gasteiger partial charge in [0.05, 0.1) is 17.5 Å². The second-order valence-electron chi connectivity index (χ2n) is 6.85. The van der Waals surface area contributed by atoms with Gasteiger partial charge in [-0.15, -0.1) is 0 Å². The molecule has 5 nitrogen and oxygen atoms in total. The first-order valence-electron chi connectivity index (χ1n) is 8.64. The van der Waals surface area contributed by atoms with Crippen LogP contribution in [0.25, 0.3) is 0 Å². The highest BCUT2D eigenvalue weighted by Crippen LogP contribution is 2.43. The van der Waals surface area contributed by atoms with Crippen molar-refractivity contribution < 1.29 is 9.90 Å². The molecule has 2 aliphatic carbocycles. The molecule has 0 spiro atoms. The molecule has 2 unspecified atom stereocenters. The first-order valence-corrected chi connectivity index (χ1v) is 8.64. The first kappa shape index (κ1) is 15.5. The largest absolute Gasteiger partial charge is 0.396 e. The average molecular weight is 305 g/mol. The second-order valence-corrected chi connectivity index (χ2v) is 6.85. The molecular weight excluding hydrogens is 278 g/mol. The van der Waals surface area contributed by atoms with Crippen LogP contribution < -0.4 is 5.32 Å². The molecule has 1 amide bonds. The molecule has 2 saturated carbocycles. The molecule has 1 aromatic heterocycles. The molecule has 0 aliphatic heterocycles. The van der Waals surface area contributed by atoms with Crippen molar-refractivity contribution in [2.45, 2.75) is 70.4 Å². The number of amides is 1. The maximum atomic E-state index is 12.7. The Kier molecular flexibility index (Phi) is 4.52. The summed E-state index contributed by atoms with van der Waals surface area (Å²) in [7, 11) is 0. The van der Waals surface area contributed by atoms with Crippen molar-refractivity contribution in [3.63, 3.8) is 0 Å². The summed E-state index contributed by atoms with van der Waals surface area (Å²) in [6, 6.07) is 0.435. The van der Waals surface area contributed by atoms with Gasteiger partial charge in [-0.25, -0.2) is 0 Å². The summed E-state index contributed by atoms with van der Waals surface area (Å²) in [6.07, 6.45) is 8.03. The molecule has 2 aliphatic rings. The first-order chi connectivity index (χ1) is 10.7. The molecule has 2 fully saturated rings. The van der Waals surface area contributed by atoms with Gasteiger partial charge in [0.25, 0.3) is 5.91 Å². The molecule has 3 rings (SSSR count). The Morgan fingerprint density at radius 3 is 2.73 bits per heavy atom. The summed E-state index contributed by atoms with van der Waals surface area (Å²) in [5, 5.41) is 16.8. The Morgan fingerprint density at radius 1 is 1.45 bits per heavy atom. The summed E-state index contributed by atoms with van der Waals surface area (Å²) < 4.78 is 2.05. The summed E-state index contributed by atoms with van der Waals surface area (Å²) in [5.74, 6) is 1.03. The number of nitrogens with zero attached hydrogens (tertiary/aromatic N) is 2. The summed E-state index contributed by atoms with van der Waals surface area (Å²) >= 11 is 0. The van der Waals surface area contributed by atoms with Gasteiger partial charge in [-0.1, -0.05) is 6.92 Å². The molecule has 0 saturated heterocycles. The molecule has 1 aromatic rings. The molecule has 2 atom stereocenters. The molecule has 22 heavy (non-hydrogen) atoms. The van der Waals surface area contributed by atoms with Crippen molar-refractivity contribution >= 4 is 5.91 Å². The van der Waals surface area contributed by atoms with E-state index in [2.05, 4.69) is 24.3 Å². The molecule has 5 heteroatoms. The normalized spacial score (nSPS) is 20.7. The minimum absolute atomic E-state index is 0.0122. The monoisotopic (exact) mass is 305 g/mol. The van der Waals surface area contributed by atoms with Crippen molar-refractivity contribution in [3.8, 4) is 0 Å². The Morgan fingerprint density at radius 2 is 2.18 bits per heavy atom. The highest BCUT2D eigenvalue weighted by atomic mass is 16.3. The minimum Gasteiger partial charge on any atom is -0.396 e. The lowest BCUT2D eigenvalue weighted by Gasteiger charge is -2.18. The topological polar surface area (TPSA) is 67.2 Å². The summed E-state index contributed by atoms with van der Waals surface area (Å²) in [4.78, 5) is 12.7. The predicted octanol–water partition coefficient (Wildman–Crippen LogP) is 2.62. The lowest BCUT2D eigenvalue weighted by molar-refractivity contribution is 0.0923. The Labute approximate surface area is 132 Å². The smallest absolute Gasteiger partial charge is 0.254 e. The fraction of sp³-hybridized carbons (Fsp3) is 0.765. The molecule has 0 aromatic carbocycles. The fourth-order valence-corrected chi connectivity index (χ4v) is 3.14. The third-order valence-corrected chi connectivity index (χ3v) is 5.00. The number of rotatable bonds is 8. The van der Waals surface area contributed by atoms with E-state index in [-0.39, 0.29) is 18.6 Å². The Hall–Kier alpha value is -1.36. The van der Waals surface area contributed by atoms with Gasteiger partial charge in [0.1, 0.15) is 0 Å². The van der Waals surface area contributed by atoms with Crippen LogP contribution in [0.3, 0.4) is 0 Å². The predicted molar refractivity (Wildman–Crippen MR) is 84.9 cm³/mol. The summed E-state index contributed by atoms with van der Waals surface area (Å²) in [5.41, 5.74) is 1.86. The van der Waals surface area contributed by atoms with Crippen LogP contribution in [0.4, 0.5) is 0 Å². The number of carbonyl (C=O) groups excluding carboxylic acids is 1. The zero-order valence-corrected chi connectivity index (χ0v) is 13.6. The van der Waals surface area contributed by atoms with Gasteiger partial charge in [-0.3, -0.25) is 9.48 Å². The lowest BCUT2D eigenvalue weighted by Crippen LogP contribution is -2.37. The SMILES string of the molecule is CCC(C)n1ncc(C(=O)NC(CCO)C2CC2)c1C1CC1. The van der Waals surface area contributed by atoms with Crippen LogP contribution in [0.5, 0.6) is 0 Å². The average Bonchev–Trinajstić information content (AvgIpc) is 3.43. The quantitative estimate of drug-likeness (QED) is 0.776. The minimum atomic E-state index is -0.0122. The van der Waals surface area contributed by atoms with Crippen LogP contribution in [-0.2, 0) is 0 Å². The molecule has 0 bridgehead atoms. The van der Waals surface area contributed by atoms with Gasteiger partial charge >= 0.3 is 0 Å². The van der Waals surface area contributed by atoms with Gasteiger partial charge in [0, 0.05) is 24.6 Å². The fourth-order valence-electron chi connectivity index (χ4n) is 3.14. The van der Waals surface area contributed by atoms with E-state index < -0.39 is 0 Å². The van der Waals surface area contributed by atoms with Crippen LogP contribution in [0.1, 0.15) is 80.4 Å². The van der Waals surface area contributed by atoms with Crippen LogP contribution in [0.15, 0.2) is 6.20 Å². The van der Waals surface area contributed by atoms with Gasteiger partial charge in [-0.2, -0.15) is 5.10 Å².